The second kappa shape index (κ2) is 5.75. The van der Waals surface area contributed by atoms with E-state index in [-0.39, 0.29) is 12.6 Å². The minimum atomic E-state index is -0.695. The Balaban J connectivity index is 2.60. The summed E-state index contributed by atoms with van der Waals surface area (Å²) in [6, 6.07) is 7.56. The number of rotatable bonds is 2. The fraction of sp³-hybridized carbons (Fsp3) is 0.273. The Morgan fingerprint density at radius 2 is 2.06 bits per heavy atom. The molecule has 0 atom stereocenters. The second-order valence-corrected chi connectivity index (χ2v) is 3.19. The predicted octanol–water partition coefficient (Wildman–Crippen LogP) is 1.88. The Morgan fingerprint density at radius 3 is 2.62 bits per heavy atom. The zero-order valence-corrected chi connectivity index (χ0v) is 9.36. The third-order valence-corrected chi connectivity index (χ3v) is 1.80. The van der Waals surface area contributed by atoms with Crippen molar-refractivity contribution >= 4 is 17.7 Å². The lowest BCUT2D eigenvalue weighted by Gasteiger charge is -2.05. The van der Waals surface area contributed by atoms with E-state index in [0.29, 0.717) is 0 Å². The molecule has 5 nitrogen and oxygen atoms in total. The Kier molecular flexibility index (Phi) is 4.32. The maximum atomic E-state index is 11.0. The van der Waals surface area contributed by atoms with E-state index in [9.17, 15) is 4.79 Å². The van der Waals surface area contributed by atoms with Crippen LogP contribution in [0.3, 0.4) is 0 Å². The van der Waals surface area contributed by atoms with Gasteiger partial charge in [-0.05, 0) is 26.0 Å². The first-order chi connectivity index (χ1) is 7.61. The van der Waals surface area contributed by atoms with Crippen molar-refractivity contribution in [2.75, 3.05) is 11.9 Å². The molecule has 0 bridgehead atoms. The summed E-state index contributed by atoms with van der Waals surface area (Å²) in [6.45, 7) is 3.97. The van der Waals surface area contributed by atoms with Crippen LogP contribution in [0.25, 0.3) is 0 Å². The molecule has 16 heavy (non-hydrogen) atoms. The average Bonchev–Trinajstić information content (AvgIpc) is 2.21. The van der Waals surface area contributed by atoms with Crippen molar-refractivity contribution in [3.63, 3.8) is 0 Å². The predicted molar refractivity (Wildman–Crippen MR) is 63.4 cm³/mol. The van der Waals surface area contributed by atoms with Gasteiger partial charge in [0.25, 0.3) is 0 Å². The molecule has 0 aliphatic carbocycles. The summed E-state index contributed by atoms with van der Waals surface area (Å²) in [5, 5.41) is 2.79. The van der Waals surface area contributed by atoms with E-state index in [1.807, 2.05) is 31.2 Å². The van der Waals surface area contributed by atoms with Gasteiger partial charge in [-0.3, -0.25) is 0 Å². The van der Waals surface area contributed by atoms with Crippen LogP contribution in [0.5, 0.6) is 0 Å². The molecule has 5 heteroatoms. The number of nitrogens with two attached hydrogens (primary N) is 1. The van der Waals surface area contributed by atoms with E-state index in [1.54, 1.807) is 6.92 Å². The molecule has 86 valence electrons. The van der Waals surface area contributed by atoms with Gasteiger partial charge < -0.3 is 15.8 Å². The molecular formula is C11H15N3O2. The number of ether oxygens (including phenoxy) is 1. The van der Waals surface area contributed by atoms with E-state index in [1.165, 1.54) is 0 Å². The molecule has 0 heterocycles. The topological polar surface area (TPSA) is 76.7 Å². The number of hydrogen-bond acceptors (Lipinski definition) is 2. The van der Waals surface area contributed by atoms with Gasteiger partial charge >= 0.3 is 6.09 Å². The first-order valence-corrected chi connectivity index (χ1v) is 4.96. The smallest absolute Gasteiger partial charge is 0.436 e. The Morgan fingerprint density at radius 1 is 1.44 bits per heavy atom. The molecule has 0 aliphatic rings. The van der Waals surface area contributed by atoms with Gasteiger partial charge in [0.05, 0.1) is 6.61 Å². The number of amides is 1. The van der Waals surface area contributed by atoms with Crippen LogP contribution in [0, 0.1) is 6.92 Å². The van der Waals surface area contributed by atoms with E-state index in [4.69, 9.17) is 5.73 Å². The van der Waals surface area contributed by atoms with Crippen LogP contribution in [-0.2, 0) is 4.74 Å². The van der Waals surface area contributed by atoms with Gasteiger partial charge in [-0.1, -0.05) is 17.7 Å². The van der Waals surface area contributed by atoms with Gasteiger partial charge in [0.15, 0.2) is 0 Å². The summed E-state index contributed by atoms with van der Waals surface area (Å²) in [4.78, 5) is 14.5. The van der Waals surface area contributed by atoms with Gasteiger partial charge in [0.2, 0.25) is 5.96 Å². The molecule has 1 aromatic rings. The number of carbonyl (C=O) groups is 1. The van der Waals surface area contributed by atoms with Gasteiger partial charge in [-0.15, -0.1) is 4.99 Å². The van der Waals surface area contributed by atoms with Crippen LogP contribution in [0.15, 0.2) is 29.3 Å². The van der Waals surface area contributed by atoms with Crippen molar-refractivity contribution in [1.29, 1.82) is 0 Å². The van der Waals surface area contributed by atoms with E-state index < -0.39 is 6.09 Å². The summed E-state index contributed by atoms with van der Waals surface area (Å²) >= 11 is 0. The molecule has 0 aromatic heterocycles. The van der Waals surface area contributed by atoms with E-state index in [2.05, 4.69) is 15.0 Å². The number of hydrogen-bond donors (Lipinski definition) is 2. The maximum Gasteiger partial charge on any atom is 0.436 e. The van der Waals surface area contributed by atoms with Gasteiger partial charge in [-0.25, -0.2) is 4.79 Å². The molecule has 0 spiro atoms. The van der Waals surface area contributed by atoms with Crippen LogP contribution >= 0.6 is 0 Å². The van der Waals surface area contributed by atoms with E-state index >= 15 is 0 Å². The van der Waals surface area contributed by atoms with Crippen LogP contribution in [0.1, 0.15) is 12.5 Å². The van der Waals surface area contributed by atoms with Gasteiger partial charge in [0.1, 0.15) is 0 Å². The lowest BCUT2D eigenvalue weighted by Crippen LogP contribution is -2.24. The third-order valence-electron chi connectivity index (χ3n) is 1.80. The zero-order chi connectivity index (χ0) is 12.0. The second-order valence-electron chi connectivity index (χ2n) is 3.19. The summed E-state index contributed by atoms with van der Waals surface area (Å²) in [5.41, 5.74) is 7.43. The number of benzene rings is 1. The number of carbonyl (C=O) groups excluding carboxylic acids is 1. The molecule has 0 fully saturated rings. The van der Waals surface area contributed by atoms with E-state index in [0.717, 1.165) is 11.3 Å². The SMILES string of the molecule is CCOC(=O)N=C(N)Nc1ccc(C)cc1. The van der Waals surface area contributed by atoms with Crippen molar-refractivity contribution in [2.45, 2.75) is 13.8 Å². The molecule has 3 N–H and O–H groups in total. The quantitative estimate of drug-likeness (QED) is 0.590. The third kappa shape index (κ3) is 4.00. The number of anilines is 1. The molecule has 0 unspecified atom stereocenters. The van der Waals surface area contributed by atoms with Crippen molar-refractivity contribution < 1.29 is 9.53 Å². The maximum absolute atomic E-state index is 11.0. The fourth-order valence-electron chi connectivity index (χ4n) is 1.07. The van der Waals surface area contributed by atoms with Crippen LogP contribution < -0.4 is 11.1 Å². The van der Waals surface area contributed by atoms with Crippen LogP contribution in [0.4, 0.5) is 10.5 Å². The number of nitrogens with zero attached hydrogens (tertiary/aromatic N) is 1. The summed E-state index contributed by atoms with van der Waals surface area (Å²) in [6.07, 6.45) is -0.695. The monoisotopic (exact) mass is 221 g/mol. The van der Waals surface area contributed by atoms with Crippen LogP contribution in [-0.4, -0.2) is 18.7 Å². The highest BCUT2D eigenvalue weighted by Crippen LogP contribution is 2.07. The summed E-state index contributed by atoms with van der Waals surface area (Å²) in [7, 11) is 0. The molecule has 1 aromatic carbocycles. The Bertz CT molecular complexity index is 385. The highest BCUT2D eigenvalue weighted by Gasteiger charge is 2.00. The first kappa shape index (κ1) is 12.0. The minimum Gasteiger partial charge on any atom is -0.448 e. The minimum absolute atomic E-state index is 0.0160. The number of aryl methyl sites for hydroxylation is 1. The van der Waals surface area contributed by atoms with Crippen molar-refractivity contribution in [3.8, 4) is 0 Å². The standard InChI is InChI=1S/C11H15N3O2/c1-3-16-11(15)14-10(12)13-9-6-4-8(2)5-7-9/h4-7H,3H2,1-2H3,(H3,12,13,14,15). The lowest BCUT2D eigenvalue weighted by atomic mass is 10.2. The Hall–Kier alpha value is -2.04. The largest absolute Gasteiger partial charge is 0.448 e. The van der Waals surface area contributed by atoms with Crippen molar-refractivity contribution in [2.24, 2.45) is 10.7 Å². The Labute approximate surface area is 94.3 Å². The van der Waals surface area contributed by atoms with Gasteiger partial charge in [0, 0.05) is 5.69 Å². The summed E-state index contributed by atoms with van der Waals surface area (Å²) in [5.74, 6) is 0.0160. The lowest BCUT2D eigenvalue weighted by molar-refractivity contribution is 0.163. The molecule has 0 saturated carbocycles. The molecule has 0 aliphatic heterocycles. The fourth-order valence-corrected chi connectivity index (χ4v) is 1.07. The van der Waals surface area contributed by atoms with Crippen molar-refractivity contribution in [3.05, 3.63) is 29.8 Å². The number of aliphatic imine (C=N–C) groups is 1. The highest BCUT2D eigenvalue weighted by atomic mass is 16.5. The normalized spacial score (nSPS) is 11.0. The summed E-state index contributed by atoms with van der Waals surface area (Å²) < 4.78 is 4.62. The molecule has 0 saturated heterocycles. The van der Waals surface area contributed by atoms with Gasteiger partial charge in [-0.2, -0.15) is 0 Å². The van der Waals surface area contributed by atoms with Crippen molar-refractivity contribution in [1.82, 2.24) is 0 Å². The number of guanidine groups is 1. The zero-order valence-electron chi connectivity index (χ0n) is 9.36. The average molecular weight is 221 g/mol. The molecule has 1 amide bonds. The molecule has 1 rings (SSSR count). The molecule has 0 radical (unpaired) electrons. The highest BCUT2D eigenvalue weighted by molar-refractivity contribution is 5.98. The molecular weight excluding hydrogens is 206 g/mol. The first-order valence-electron chi connectivity index (χ1n) is 4.96. The van der Waals surface area contributed by atoms with Crippen LogP contribution in [0.2, 0.25) is 0 Å². The number of nitrogens with one attached hydrogen (secondary N) is 1.